The zero-order chi connectivity index (χ0) is 12.8. The van der Waals surface area contributed by atoms with Crippen molar-refractivity contribution in [2.45, 2.75) is 6.10 Å². The van der Waals surface area contributed by atoms with Crippen molar-refractivity contribution in [3.63, 3.8) is 0 Å². The number of aliphatic hydroxyl groups excluding tert-OH is 1. The Hall–Kier alpha value is -0.960. The normalized spacial score (nSPS) is 17.8. The second-order valence-corrected chi connectivity index (χ2v) is 4.54. The van der Waals surface area contributed by atoms with Crippen LogP contribution in [0.4, 0.5) is 5.82 Å². The van der Waals surface area contributed by atoms with Crippen LogP contribution >= 0.6 is 11.7 Å². The largest absolute Gasteiger partial charge is 0.472 e. The average Bonchev–Trinajstić information content (AvgIpc) is 2.86. The van der Waals surface area contributed by atoms with E-state index in [1.54, 1.807) is 7.05 Å². The highest BCUT2D eigenvalue weighted by atomic mass is 32.1. The summed E-state index contributed by atoms with van der Waals surface area (Å²) in [7, 11) is 1.78. The van der Waals surface area contributed by atoms with Gasteiger partial charge < -0.3 is 24.8 Å². The zero-order valence-corrected chi connectivity index (χ0v) is 11.2. The van der Waals surface area contributed by atoms with Gasteiger partial charge in [-0.25, -0.2) is 0 Å². The van der Waals surface area contributed by atoms with Gasteiger partial charge in [-0.2, -0.15) is 4.37 Å². The molecule has 1 saturated heterocycles. The molecule has 1 fully saturated rings. The van der Waals surface area contributed by atoms with Crippen LogP contribution in [0.15, 0.2) is 0 Å². The maximum Gasteiger partial charge on any atom is 0.270 e. The van der Waals surface area contributed by atoms with Crippen LogP contribution in [0.5, 0.6) is 5.88 Å². The number of anilines is 1. The molecule has 2 N–H and O–H groups in total. The summed E-state index contributed by atoms with van der Waals surface area (Å²) in [5.41, 5.74) is 0. The molecule has 2 rings (SSSR count). The fourth-order valence-electron chi connectivity index (χ4n) is 1.70. The van der Waals surface area contributed by atoms with Gasteiger partial charge in [-0.1, -0.05) is 0 Å². The first-order chi connectivity index (χ1) is 8.81. The van der Waals surface area contributed by atoms with E-state index in [2.05, 4.69) is 19.0 Å². The Morgan fingerprint density at radius 1 is 1.50 bits per heavy atom. The van der Waals surface area contributed by atoms with Gasteiger partial charge in [-0.05, 0) is 7.05 Å². The van der Waals surface area contributed by atoms with Crippen molar-refractivity contribution in [3.05, 3.63) is 0 Å². The molecule has 0 radical (unpaired) electrons. The molecule has 1 aliphatic heterocycles. The van der Waals surface area contributed by atoms with Crippen LogP contribution in [0.25, 0.3) is 0 Å². The van der Waals surface area contributed by atoms with Gasteiger partial charge in [0.1, 0.15) is 12.7 Å². The molecular weight excluding hydrogens is 256 g/mol. The van der Waals surface area contributed by atoms with Gasteiger partial charge in [0.25, 0.3) is 5.88 Å². The highest BCUT2D eigenvalue weighted by Crippen LogP contribution is 2.26. The zero-order valence-electron chi connectivity index (χ0n) is 10.3. The summed E-state index contributed by atoms with van der Waals surface area (Å²) < 4.78 is 19.2. The summed E-state index contributed by atoms with van der Waals surface area (Å²) in [6.45, 7) is 3.68. The maximum atomic E-state index is 9.58. The monoisotopic (exact) mass is 274 g/mol. The number of morpholine rings is 1. The lowest BCUT2D eigenvalue weighted by molar-refractivity contribution is 0.105. The van der Waals surface area contributed by atoms with Crippen LogP contribution in [0.2, 0.25) is 0 Å². The van der Waals surface area contributed by atoms with E-state index in [0.717, 1.165) is 30.6 Å². The average molecular weight is 274 g/mol. The molecule has 1 atom stereocenters. The minimum absolute atomic E-state index is 0.212. The third-order valence-corrected chi connectivity index (χ3v) is 3.11. The smallest absolute Gasteiger partial charge is 0.270 e. The quantitative estimate of drug-likeness (QED) is 0.712. The van der Waals surface area contributed by atoms with Gasteiger partial charge in [0.2, 0.25) is 5.82 Å². The van der Waals surface area contributed by atoms with E-state index < -0.39 is 6.10 Å². The molecule has 18 heavy (non-hydrogen) atoms. The van der Waals surface area contributed by atoms with Crippen molar-refractivity contribution < 1.29 is 14.6 Å². The van der Waals surface area contributed by atoms with E-state index >= 15 is 0 Å². The van der Waals surface area contributed by atoms with E-state index in [1.807, 2.05) is 0 Å². The molecule has 1 aliphatic rings. The SMILES string of the molecule is CNCC(O)COc1nsnc1N1CCOCC1. The summed E-state index contributed by atoms with van der Waals surface area (Å²) in [5, 5.41) is 12.5. The first kappa shape index (κ1) is 13.5. The van der Waals surface area contributed by atoms with Gasteiger partial charge in [0.15, 0.2) is 0 Å². The number of nitrogens with one attached hydrogen (secondary N) is 1. The van der Waals surface area contributed by atoms with E-state index in [1.165, 1.54) is 0 Å². The summed E-state index contributed by atoms with van der Waals surface area (Å²) in [6, 6.07) is 0. The fourth-order valence-corrected chi connectivity index (χ4v) is 2.23. The van der Waals surface area contributed by atoms with E-state index in [4.69, 9.17) is 9.47 Å². The molecule has 8 heteroatoms. The van der Waals surface area contributed by atoms with Crippen LogP contribution in [0, 0.1) is 0 Å². The second kappa shape index (κ2) is 6.83. The van der Waals surface area contributed by atoms with Crippen molar-refractivity contribution in [1.29, 1.82) is 0 Å². The Balaban J connectivity index is 1.90. The summed E-state index contributed by atoms with van der Waals surface area (Å²) in [4.78, 5) is 2.09. The Labute approximate surface area is 110 Å². The molecule has 1 aromatic rings. The van der Waals surface area contributed by atoms with Crippen molar-refractivity contribution in [2.24, 2.45) is 0 Å². The molecule has 0 bridgehead atoms. The fraction of sp³-hybridized carbons (Fsp3) is 0.800. The van der Waals surface area contributed by atoms with Gasteiger partial charge in [-0.3, -0.25) is 0 Å². The Morgan fingerprint density at radius 2 is 2.28 bits per heavy atom. The topological polar surface area (TPSA) is 79.7 Å². The number of hydrogen-bond acceptors (Lipinski definition) is 8. The molecule has 102 valence electrons. The van der Waals surface area contributed by atoms with Crippen LogP contribution in [0.3, 0.4) is 0 Å². The van der Waals surface area contributed by atoms with Crippen LogP contribution in [-0.2, 0) is 4.74 Å². The predicted molar refractivity (Wildman–Crippen MR) is 68.4 cm³/mol. The summed E-state index contributed by atoms with van der Waals surface area (Å²) in [6.07, 6.45) is -0.547. The number of aromatic nitrogens is 2. The lowest BCUT2D eigenvalue weighted by Gasteiger charge is -2.26. The van der Waals surface area contributed by atoms with Gasteiger partial charge in [0.05, 0.1) is 24.9 Å². The highest BCUT2D eigenvalue weighted by molar-refractivity contribution is 6.99. The number of hydrogen-bond donors (Lipinski definition) is 2. The molecule has 0 aliphatic carbocycles. The molecule has 0 aromatic carbocycles. The Kier molecular flexibility index (Phi) is 5.12. The lowest BCUT2D eigenvalue weighted by atomic mass is 10.4. The predicted octanol–water partition coefficient (Wildman–Crippen LogP) is -0.666. The number of aliphatic hydroxyl groups is 1. The molecule has 1 unspecified atom stereocenters. The second-order valence-electron chi connectivity index (χ2n) is 4.01. The van der Waals surface area contributed by atoms with Crippen LogP contribution < -0.4 is 15.0 Å². The van der Waals surface area contributed by atoms with E-state index in [9.17, 15) is 5.11 Å². The third-order valence-electron chi connectivity index (χ3n) is 2.61. The molecule has 2 heterocycles. The molecule has 0 amide bonds. The first-order valence-electron chi connectivity index (χ1n) is 5.92. The Morgan fingerprint density at radius 3 is 3.00 bits per heavy atom. The summed E-state index contributed by atoms with van der Waals surface area (Å²) >= 11 is 1.12. The minimum atomic E-state index is -0.547. The maximum absolute atomic E-state index is 9.58. The van der Waals surface area contributed by atoms with Crippen molar-refractivity contribution in [1.82, 2.24) is 14.1 Å². The molecule has 0 saturated carbocycles. The van der Waals surface area contributed by atoms with Crippen molar-refractivity contribution in [3.8, 4) is 5.88 Å². The van der Waals surface area contributed by atoms with E-state index in [0.29, 0.717) is 25.6 Å². The number of nitrogens with zero attached hydrogens (tertiary/aromatic N) is 3. The van der Waals surface area contributed by atoms with Gasteiger partial charge in [-0.15, -0.1) is 4.37 Å². The molecule has 1 aromatic heterocycles. The van der Waals surface area contributed by atoms with Crippen molar-refractivity contribution in [2.75, 3.05) is 51.4 Å². The van der Waals surface area contributed by atoms with Crippen LogP contribution in [0.1, 0.15) is 0 Å². The third kappa shape index (κ3) is 3.52. The molecular formula is C10H18N4O3S. The van der Waals surface area contributed by atoms with Gasteiger partial charge in [0, 0.05) is 19.6 Å². The van der Waals surface area contributed by atoms with Crippen LogP contribution in [-0.4, -0.2) is 66.5 Å². The van der Waals surface area contributed by atoms with Crippen molar-refractivity contribution >= 4 is 17.5 Å². The number of likely N-dealkylation sites (N-methyl/N-ethyl adjacent to an activating group) is 1. The number of ether oxygens (including phenoxy) is 2. The highest BCUT2D eigenvalue weighted by Gasteiger charge is 2.20. The number of rotatable bonds is 6. The minimum Gasteiger partial charge on any atom is -0.472 e. The van der Waals surface area contributed by atoms with Gasteiger partial charge >= 0.3 is 0 Å². The Bertz CT molecular complexity index is 357. The summed E-state index contributed by atoms with van der Waals surface area (Å²) in [5.74, 6) is 1.25. The van der Waals surface area contributed by atoms with E-state index in [-0.39, 0.29) is 6.61 Å². The first-order valence-corrected chi connectivity index (χ1v) is 6.65. The lowest BCUT2D eigenvalue weighted by Crippen LogP contribution is -2.37. The molecule has 0 spiro atoms. The standard InChI is InChI=1S/C10H18N4O3S/c1-11-6-8(15)7-17-10-9(12-18-13-10)14-2-4-16-5-3-14/h8,11,15H,2-7H2,1H3. The molecule has 7 nitrogen and oxygen atoms in total.